The average Bonchev–Trinajstić information content (AvgIpc) is 3.78. The summed E-state index contributed by atoms with van der Waals surface area (Å²) in [6.07, 6.45) is 2.84. The van der Waals surface area contributed by atoms with E-state index in [-0.39, 0.29) is 17.2 Å². The van der Waals surface area contributed by atoms with E-state index in [0.29, 0.717) is 34.4 Å². The van der Waals surface area contributed by atoms with Gasteiger partial charge in [0.25, 0.3) is 0 Å². The molecule has 0 spiro atoms. The predicted octanol–water partition coefficient (Wildman–Crippen LogP) is 7.93. The number of rotatable bonds is 11. The van der Waals surface area contributed by atoms with E-state index in [1.54, 1.807) is 23.9 Å². The van der Waals surface area contributed by atoms with Crippen molar-refractivity contribution in [3.8, 4) is 22.8 Å². The van der Waals surface area contributed by atoms with Crippen LogP contribution in [0.1, 0.15) is 44.0 Å². The molecule has 0 saturated carbocycles. The smallest absolute Gasteiger partial charge is 0.320 e. The van der Waals surface area contributed by atoms with Gasteiger partial charge < -0.3 is 15.2 Å². The molecule has 4 heterocycles. The Kier molecular flexibility index (Phi) is 10.5. The van der Waals surface area contributed by atoms with Crippen molar-refractivity contribution in [3.63, 3.8) is 0 Å². The Bertz CT molecular complexity index is 2210. The first-order valence-corrected chi connectivity index (χ1v) is 18.5. The van der Waals surface area contributed by atoms with Crippen LogP contribution < -0.4 is 10.6 Å². The van der Waals surface area contributed by atoms with E-state index in [4.69, 9.17) is 21.4 Å². The van der Waals surface area contributed by atoms with Gasteiger partial charge >= 0.3 is 6.03 Å². The van der Waals surface area contributed by atoms with E-state index in [1.165, 1.54) is 11.6 Å². The topological polar surface area (TPSA) is 122 Å². The van der Waals surface area contributed by atoms with Crippen molar-refractivity contribution < 1.29 is 14.6 Å². The zero-order chi connectivity index (χ0) is 36.2. The minimum Gasteiger partial charge on any atom is -0.508 e. The summed E-state index contributed by atoms with van der Waals surface area (Å²) in [6.45, 7) is 10.9. The van der Waals surface area contributed by atoms with Gasteiger partial charge in [0.15, 0.2) is 11.5 Å². The molecule has 1 fully saturated rings. The number of benzene rings is 3. The number of nitrogens with zero attached hydrogens (tertiary/aromatic N) is 6. The number of carbonyl (C=O) groups is 1. The van der Waals surface area contributed by atoms with Crippen molar-refractivity contribution in [3.05, 3.63) is 113 Å². The van der Waals surface area contributed by atoms with Crippen molar-refractivity contribution >= 4 is 40.9 Å². The lowest BCUT2D eigenvalue weighted by molar-refractivity contribution is 0.0342. The zero-order valence-corrected chi connectivity index (χ0v) is 30.9. The second kappa shape index (κ2) is 15.4. The summed E-state index contributed by atoms with van der Waals surface area (Å²) in [5.74, 6) is 1.22. The number of aromatic hydroxyl groups is 1. The molecule has 0 atom stereocenters. The van der Waals surface area contributed by atoms with E-state index in [9.17, 15) is 9.90 Å². The van der Waals surface area contributed by atoms with Crippen LogP contribution >= 0.6 is 23.4 Å². The monoisotopic (exact) mass is 736 g/mol. The van der Waals surface area contributed by atoms with Crippen molar-refractivity contribution in [2.24, 2.45) is 0 Å². The number of phenolic OH excluding ortho intramolecular Hbond substituents is 1. The van der Waals surface area contributed by atoms with Gasteiger partial charge in [-0.3, -0.25) is 14.6 Å². The SMILES string of the molecule is CCC(C)(C)c1cc(NC(=O)NCc2ccccc2Sc2ccc3nnc(-c4cc(O)ccc4Cl)n3c2)n(-c2cccc(CN3CCOCC3)c2)n1. The fraction of sp³-hybridized carbons (Fsp3) is 0.282. The highest BCUT2D eigenvalue weighted by Crippen LogP contribution is 2.34. The number of hydrogen-bond donors (Lipinski definition) is 3. The fourth-order valence-electron chi connectivity index (χ4n) is 6.00. The lowest BCUT2D eigenvalue weighted by Crippen LogP contribution is -2.35. The Hall–Kier alpha value is -4.88. The minimum absolute atomic E-state index is 0.0931. The average molecular weight is 737 g/mol. The summed E-state index contributed by atoms with van der Waals surface area (Å²) in [6, 6.07) is 26.6. The Morgan fingerprint density at radius 2 is 1.83 bits per heavy atom. The van der Waals surface area contributed by atoms with Gasteiger partial charge in [-0.2, -0.15) is 5.10 Å². The van der Waals surface area contributed by atoms with E-state index in [1.807, 2.05) is 69.9 Å². The summed E-state index contributed by atoms with van der Waals surface area (Å²) < 4.78 is 9.21. The maximum atomic E-state index is 13.5. The first-order valence-electron chi connectivity index (χ1n) is 17.3. The minimum atomic E-state index is -0.329. The highest BCUT2D eigenvalue weighted by Gasteiger charge is 2.25. The number of fused-ring (bicyclic) bond motifs is 1. The van der Waals surface area contributed by atoms with Crippen LogP contribution in [-0.4, -0.2) is 66.7 Å². The van der Waals surface area contributed by atoms with Crippen molar-refractivity contribution in [1.29, 1.82) is 0 Å². The summed E-state index contributed by atoms with van der Waals surface area (Å²) in [7, 11) is 0. The first-order chi connectivity index (χ1) is 25.2. The van der Waals surface area contributed by atoms with Gasteiger partial charge in [0, 0.05) is 59.2 Å². The number of ether oxygens (including phenoxy) is 1. The third kappa shape index (κ3) is 7.95. The molecule has 0 unspecified atom stereocenters. The lowest BCUT2D eigenvalue weighted by atomic mass is 9.87. The van der Waals surface area contributed by atoms with Gasteiger partial charge in [0.05, 0.1) is 29.6 Å². The fourth-order valence-corrected chi connectivity index (χ4v) is 7.16. The molecule has 1 aliphatic heterocycles. The molecule has 3 aromatic heterocycles. The quantitative estimate of drug-likeness (QED) is 0.123. The molecule has 268 valence electrons. The normalized spacial score (nSPS) is 13.8. The van der Waals surface area contributed by atoms with E-state index in [2.05, 4.69) is 58.6 Å². The van der Waals surface area contributed by atoms with Crippen LogP contribution in [0.25, 0.3) is 22.7 Å². The number of anilines is 1. The second-order valence-electron chi connectivity index (χ2n) is 13.4. The van der Waals surface area contributed by atoms with Gasteiger partial charge in [-0.25, -0.2) is 9.48 Å². The van der Waals surface area contributed by atoms with E-state index in [0.717, 1.165) is 66.0 Å². The van der Waals surface area contributed by atoms with Crippen LogP contribution in [0.15, 0.2) is 101 Å². The largest absolute Gasteiger partial charge is 0.508 e. The number of pyridine rings is 1. The molecule has 0 radical (unpaired) electrons. The number of halogens is 1. The van der Waals surface area contributed by atoms with Crippen LogP contribution in [0.4, 0.5) is 10.6 Å². The summed E-state index contributed by atoms with van der Waals surface area (Å²) in [4.78, 5) is 17.8. The predicted molar refractivity (Wildman–Crippen MR) is 204 cm³/mol. The van der Waals surface area contributed by atoms with Gasteiger partial charge in [0.1, 0.15) is 11.6 Å². The van der Waals surface area contributed by atoms with Gasteiger partial charge in [-0.15, -0.1) is 10.2 Å². The molecule has 6 aromatic rings. The number of aromatic nitrogens is 5. The molecule has 3 aromatic carbocycles. The van der Waals surface area contributed by atoms with Crippen LogP contribution in [-0.2, 0) is 23.2 Å². The number of urea groups is 1. The lowest BCUT2D eigenvalue weighted by Gasteiger charge is -2.26. The van der Waals surface area contributed by atoms with Crippen molar-refractivity contribution in [2.45, 2.75) is 55.5 Å². The molecule has 0 aliphatic carbocycles. The molecule has 0 bridgehead atoms. The Balaban J connectivity index is 1.08. The second-order valence-corrected chi connectivity index (χ2v) is 14.9. The van der Waals surface area contributed by atoms with Crippen LogP contribution in [0, 0.1) is 0 Å². The summed E-state index contributed by atoms with van der Waals surface area (Å²) >= 11 is 8.02. The van der Waals surface area contributed by atoms with Crippen LogP contribution in [0.5, 0.6) is 5.75 Å². The van der Waals surface area contributed by atoms with Crippen LogP contribution in [0.2, 0.25) is 5.02 Å². The summed E-state index contributed by atoms with van der Waals surface area (Å²) in [5.41, 5.74) is 4.99. The molecule has 52 heavy (non-hydrogen) atoms. The molecule has 13 heteroatoms. The number of morpholine rings is 1. The number of carbonyl (C=O) groups excluding carboxylic acids is 1. The molecular formula is C39H41ClN8O3S. The van der Waals surface area contributed by atoms with E-state index >= 15 is 0 Å². The number of nitrogens with one attached hydrogen (secondary N) is 2. The molecule has 7 rings (SSSR count). The summed E-state index contributed by atoms with van der Waals surface area (Å²) in [5, 5.41) is 30.3. The maximum Gasteiger partial charge on any atom is 0.320 e. The Labute approximate surface area is 312 Å². The molecule has 2 amide bonds. The van der Waals surface area contributed by atoms with Crippen LogP contribution in [0.3, 0.4) is 0 Å². The number of phenols is 1. The molecule has 11 nitrogen and oxygen atoms in total. The van der Waals surface area contributed by atoms with Gasteiger partial charge in [-0.05, 0) is 66.1 Å². The maximum absolute atomic E-state index is 13.5. The molecular weight excluding hydrogens is 696 g/mol. The van der Waals surface area contributed by atoms with Crippen molar-refractivity contribution in [1.82, 2.24) is 34.6 Å². The third-order valence-electron chi connectivity index (χ3n) is 9.40. The Morgan fingerprint density at radius 3 is 2.65 bits per heavy atom. The van der Waals surface area contributed by atoms with Crippen molar-refractivity contribution in [2.75, 3.05) is 31.6 Å². The number of amides is 2. The first kappa shape index (κ1) is 35.5. The standard InChI is InChI=1S/C39H41ClN8O3S/c1-4-39(2,3)34-22-36(48(45-34)28-10-7-8-26(20-28)24-46-16-18-51-19-17-46)42-38(50)41-23-27-9-5-6-11-33(27)52-30-13-15-35-43-44-37(47(35)25-30)31-21-29(49)12-14-32(31)40/h5-15,20-22,25,49H,4,16-19,23-24H2,1-3H3,(H2,41,42,50). The Morgan fingerprint density at radius 1 is 1.00 bits per heavy atom. The molecule has 1 saturated heterocycles. The highest BCUT2D eigenvalue weighted by molar-refractivity contribution is 7.99. The van der Waals surface area contributed by atoms with Gasteiger partial charge in [0.2, 0.25) is 0 Å². The number of hydrogen-bond acceptors (Lipinski definition) is 8. The van der Waals surface area contributed by atoms with E-state index < -0.39 is 0 Å². The molecule has 3 N–H and O–H groups in total. The zero-order valence-electron chi connectivity index (χ0n) is 29.3. The van der Waals surface area contributed by atoms with Gasteiger partial charge in [-0.1, -0.05) is 74.5 Å². The highest BCUT2D eigenvalue weighted by atomic mass is 35.5. The molecule has 1 aliphatic rings. The third-order valence-corrected chi connectivity index (χ3v) is 10.8.